The first-order valence-corrected chi connectivity index (χ1v) is 5.72. The maximum Gasteiger partial charge on any atom is 0.163 e. The van der Waals surface area contributed by atoms with Crippen LogP contribution >= 0.6 is 0 Å². The first-order chi connectivity index (χ1) is 7.84. The van der Waals surface area contributed by atoms with E-state index in [4.69, 9.17) is 0 Å². The van der Waals surface area contributed by atoms with Crippen LogP contribution in [-0.4, -0.2) is 32.7 Å². The minimum atomic E-state index is 0.466. The van der Waals surface area contributed by atoms with Crippen LogP contribution in [0.1, 0.15) is 30.3 Å². The number of aromatic nitrogens is 4. The van der Waals surface area contributed by atoms with Crippen molar-refractivity contribution in [2.45, 2.75) is 25.7 Å². The van der Waals surface area contributed by atoms with Crippen molar-refractivity contribution >= 4 is 5.65 Å². The lowest BCUT2D eigenvalue weighted by Gasteiger charge is -2.20. The highest BCUT2D eigenvalue weighted by molar-refractivity contribution is 5.38. The van der Waals surface area contributed by atoms with E-state index in [-0.39, 0.29) is 0 Å². The third-order valence-electron chi connectivity index (χ3n) is 3.13. The molecule has 84 valence electrons. The molecule has 0 amide bonds. The molecule has 0 radical (unpaired) electrons. The summed E-state index contributed by atoms with van der Waals surface area (Å²) in [7, 11) is 0. The van der Waals surface area contributed by atoms with Crippen LogP contribution in [0.5, 0.6) is 0 Å². The summed E-state index contributed by atoms with van der Waals surface area (Å²) in [6.07, 6.45) is 4.22. The molecular weight excluding hydrogens is 202 g/mol. The third-order valence-corrected chi connectivity index (χ3v) is 3.13. The van der Waals surface area contributed by atoms with E-state index in [9.17, 15) is 0 Å². The smallest absolute Gasteiger partial charge is 0.163 e. The molecule has 0 aromatic carbocycles. The normalized spacial score (nSPS) is 21.4. The molecule has 2 aromatic rings. The van der Waals surface area contributed by atoms with Gasteiger partial charge in [-0.15, -0.1) is 10.2 Å². The molecule has 1 saturated heterocycles. The van der Waals surface area contributed by atoms with Crippen LogP contribution in [0.25, 0.3) is 5.65 Å². The molecule has 5 heteroatoms. The maximum absolute atomic E-state index is 4.30. The topological polar surface area (TPSA) is 55.1 Å². The van der Waals surface area contributed by atoms with Gasteiger partial charge in [-0.2, -0.15) is 0 Å². The lowest BCUT2D eigenvalue weighted by Crippen LogP contribution is -2.29. The molecule has 2 aromatic heterocycles. The van der Waals surface area contributed by atoms with Crippen molar-refractivity contribution in [3.63, 3.8) is 0 Å². The second-order valence-corrected chi connectivity index (χ2v) is 4.36. The van der Waals surface area contributed by atoms with Gasteiger partial charge in [0.1, 0.15) is 12.2 Å². The summed E-state index contributed by atoms with van der Waals surface area (Å²) in [6, 6.07) is 1.97. The summed E-state index contributed by atoms with van der Waals surface area (Å²) in [5.74, 6) is 1.50. The summed E-state index contributed by atoms with van der Waals surface area (Å²) in [5.41, 5.74) is 1.88. The van der Waals surface area contributed by atoms with Crippen molar-refractivity contribution in [3.8, 4) is 0 Å². The molecule has 1 aliphatic rings. The van der Waals surface area contributed by atoms with E-state index in [1.54, 1.807) is 0 Å². The molecule has 3 heterocycles. The fraction of sp³-hybridized carbons (Fsp3) is 0.545. The number of nitrogens with one attached hydrogen (secondary N) is 1. The molecule has 16 heavy (non-hydrogen) atoms. The predicted molar refractivity (Wildman–Crippen MR) is 60.4 cm³/mol. The molecule has 0 bridgehead atoms. The molecule has 0 spiro atoms. The molecule has 5 nitrogen and oxygen atoms in total. The minimum absolute atomic E-state index is 0.466. The van der Waals surface area contributed by atoms with Crippen molar-refractivity contribution in [1.82, 2.24) is 24.9 Å². The summed E-state index contributed by atoms with van der Waals surface area (Å²) >= 11 is 0. The van der Waals surface area contributed by atoms with E-state index in [0.29, 0.717) is 5.92 Å². The molecular formula is C11H15N5. The number of nitrogens with zero attached hydrogens (tertiary/aromatic N) is 4. The Labute approximate surface area is 93.9 Å². The van der Waals surface area contributed by atoms with Gasteiger partial charge in [0.05, 0.1) is 0 Å². The zero-order valence-corrected chi connectivity index (χ0v) is 9.35. The van der Waals surface area contributed by atoms with Crippen LogP contribution in [-0.2, 0) is 0 Å². The van der Waals surface area contributed by atoms with Crippen LogP contribution in [0.4, 0.5) is 0 Å². The van der Waals surface area contributed by atoms with E-state index in [1.165, 1.54) is 12.8 Å². The van der Waals surface area contributed by atoms with Gasteiger partial charge in [0.2, 0.25) is 0 Å². The number of fused-ring (bicyclic) bond motifs is 1. The lowest BCUT2D eigenvalue weighted by atomic mass is 9.99. The Kier molecular flexibility index (Phi) is 2.32. The molecule has 3 rings (SSSR count). The number of aryl methyl sites for hydroxylation is 1. The maximum atomic E-state index is 4.30. The van der Waals surface area contributed by atoms with Crippen LogP contribution in [0.2, 0.25) is 0 Å². The van der Waals surface area contributed by atoms with Crippen molar-refractivity contribution in [2.75, 3.05) is 13.1 Å². The van der Waals surface area contributed by atoms with E-state index in [2.05, 4.69) is 20.5 Å². The van der Waals surface area contributed by atoms with E-state index < -0.39 is 0 Å². The summed E-state index contributed by atoms with van der Waals surface area (Å²) < 4.78 is 2.00. The number of hydrogen-bond donors (Lipinski definition) is 1. The molecule has 1 atom stereocenters. The minimum Gasteiger partial charge on any atom is -0.316 e. The van der Waals surface area contributed by atoms with Gasteiger partial charge < -0.3 is 5.32 Å². The third kappa shape index (κ3) is 1.57. The molecule has 0 saturated carbocycles. The molecule has 0 aliphatic carbocycles. The van der Waals surface area contributed by atoms with Crippen LogP contribution in [0.15, 0.2) is 12.4 Å². The summed E-state index contributed by atoms with van der Waals surface area (Å²) in [6.45, 7) is 4.08. The van der Waals surface area contributed by atoms with E-state index >= 15 is 0 Å². The average molecular weight is 217 g/mol. The monoisotopic (exact) mass is 217 g/mol. The zero-order chi connectivity index (χ0) is 11.0. The highest BCUT2D eigenvalue weighted by atomic mass is 15.3. The molecule has 1 unspecified atom stereocenters. The Balaban J connectivity index is 2.03. The average Bonchev–Trinajstić information content (AvgIpc) is 2.73. The number of piperidine rings is 1. The fourth-order valence-electron chi connectivity index (χ4n) is 2.26. The lowest BCUT2D eigenvalue weighted by molar-refractivity contribution is 0.444. The van der Waals surface area contributed by atoms with Gasteiger partial charge in [-0.25, -0.2) is 4.98 Å². The van der Waals surface area contributed by atoms with Gasteiger partial charge >= 0.3 is 0 Å². The summed E-state index contributed by atoms with van der Waals surface area (Å²) in [4.78, 5) is 4.30. The van der Waals surface area contributed by atoms with Gasteiger partial charge in [0.15, 0.2) is 5.65 Å². The molecule has 1 N–H and O–H groups in total. The Morgan fingerprint density at radius 1 is 1.44 bits per heavy atom. The second-order valence-electron chi connectivity index (χ2n) is 4.36. The zero-order valence-electron chi connectivity index (χ0n) is 9.35. The van der Waals surface area contributed by atoms with Gasteiger partial charge in [0, 0.05) is 24.2 Å². The van der Waals surface area contributed by atoms with Gasteiger partial charge in [-0.1, -0.05) is 0 Å². The van der Waals surface area contributed by atoms with Crippen LogP contribution < -0.4 is 5.32 Å². The standard InChI is InChI=1S/C11H15N5/c1-8-5-10-14-15-11(16(10)7-13-8)9-3-2-4-12-6-9/h5,7,9,12H,2-4,6H2,1H3. The molecule has 1 fully saturated rings. The highest BCUT2D eigenvalue weighted by Gasteiger charge is 2.20. The first kappa shape index (κ1) is 9.72. The van der Waals surface area contributed by atoms with Crippen LogP contribution in [0.3, 0.4) is 0 Å². The Morgan fingerprint density at radius 2 is 2.38 bits per heavy atom. The van der Waals surface area contributed by atoms with Gasteiger partial charge in [0.25, 0.3) is 0 Å². The Hall–Kier alpha value is -1.49. The van der Waals surface area contributed by atoms with Crippen molar-refractivity contribution < 1.29 is 0 Å². The fourth-order valence-corrected chi connectivity index (χ4v) is 2.26. The highest BCUT2D eigenvalue weighted by Crippen LogP contribution is 2.21. The van der Waals surface area contributed by atoms with Gasteiger partial charge in [-0.3, -0.25) is 4.40 Å². The quantitative estimate of drug-likeness (QED) is 0.771. The van der Waals surface area contributed by atoms with E-state index in [1.807, 2.05) is 23.7 Å². The summed E-state index contributed by atoms with van der Waals surface area (Å²) in [5, 5.41) is 11.9. The largest absolute Gasteiger partial charge is 0.316 e. The first-order valence-electron chi connectivity index (χ1n) is 5.72. The predicted octanol–water partition coefficient (Wildman–Crippen LogP) is 0.900. The van der Waals surface area contributed by atoms with Crippen LogP contribution in [0, 0.1) is 6.92 Å². The van der Waals surface area contributed by atoms with E-state index in [0.717, 1.165) is 30.3 Å². The second kappa shape index (κ2) is 3.83. The SMILES string of the molecule is Cc1cc2nnc(C3CCCNC3)n2cn1. The van der Waals surface area contributed by atoms with Crippen molar-refractivity contribution in [1.29, 1.82) is 0 Å². The van der Waals surface area contributed by atoms with Crippen molar-refractivity contribution in [2.24, 2.45) is 0 Å². The molecule has 1 aliphatic heterocycles. The van der Waals surface area contributed by atoms with Crippen molar-refractivity contribution in [3.05, 3.63) is 23.9 Å². The number of rotatable bonds is 1. The van der Waals surface area contributed by atoms with Gasteiger partial charge in [-0.05, 0) is 26.3 Å². The number of hydrogen-bond acceptors (Lipinski definition) is 4. The Morgan fingerprint density at radius 3 is 3.19 bits per heavy atom. The Bertz CT molecular complexity index is 498.